The first kappa shape index (κ1) is 17.8. The van der Waals surface area contributed by atoms with Crippen LogP contribution in [0.2, 0.25) is 0 Å². The summed E-state index contributed by atoms with van der Waals surface area (Å²) in [5.41, 5.74) is 2.37. The van der Waals surface area contributed by atoms with Gasteiger partial charge in [0, 0.05) is 43.3 Å². The normalized spacial score (nSPS) is 18.0. The highest BCUT2D eigenvalue weighted by Gasteiger charge is 2.42. The Morgan fingerprint density at radius 1 is 0.889 bits per heavy atom. The van der Waals surface area contributed by atoms with E-state index in [9.17, 15) is 9.59 Å². The number of imide groups is 1. The molecule has 4 rings (SSSR count). The standard InChI is InChI=1S/C21H23N3O2S/c1-2-10-24-20(25)18(17-9-6-15-27-17)19(21(24)26)23-13-11-22(12-14-23)16-7-4-3-5-8-16/h3-9,15H,2,10-14H2,1H3. The summed E-state index contributed by atoms with van der Waals surface area (Å²) in [6.45, 7) is 5.60. The van der Waals surface area contributed by atoms with E-state index in [2.05, 4.69) is 21.9 Å². The van der Waals surface area contributed by atoms with Crippen LogP contribution in [-0.2, 0) is 9.59 Å². The molecule has 0 spiro atoms. The van der Waals surface area contributed by atoms with Gasteiger partial charge in [-0.25, -0.2) is 0 Å². The van der Waals surface area contributed by atoms with E-state index in [1.54, 1.807) is 0 Å². The van der Waals surface area contributed by atoms with E-state index in [-0.39, 0.29) is 11.8 Å². The van der Waals surface area contributed by atoms with Crippen LogP contribution in [-0.4, -0.2) is 54.3 Å². The molecule has 2 aliphatic rings. The number of rotatable bonds is 5. The molecule has 0 saturated carbocycles. The Morgan fingerprint density at radius 3 is 2.22 bits per heavy atom. The van der Waals surface area contributed by atoms with Crippen molar-refractivity contribution in [1.82, 2.24) is 9.80 Å². The summed E-state index contributed by atoms with van der Waals surface area (Å²) >= 11 is 1.52. The van der Waals surface area contributed by atoms with Crippen LogP contribution in [0.1, 0.15) is 18.2 Å². The summed E-state index contributed by atoms with van der Waals surface area (Å²) in [4.78, 5) is 32.7. The Labute approximate surface area is 163 Å². The number of thiophene rings is 1. The fourth-order valence-electron chi connectivity index (χ4n) is 3.75. The lowest BCUT2D eigenvalue weighted by molar-refractivity contribution is -0.137. The van der Waals surface area contributed by atoms with Crippen LogP contribution >= 0.6 is 11.3 Å². The van der Waals surface area contributed by atoms with Crippen LogP contribution in [0.4, 0.5) is 5.69 Å². The summed E-state index contributed by atoms with van der Waals surface area (Å²) in [5.74, 6) is -0.289. The predicted molar refractivity (Wildman–Crippen MR) is 108 cm³/mol. The van der Waals surface area contributed by atoms with Crippen LogP contribution in [0.5, 0.6) is 0 Å². The maximum atomic E-state index is 13.1. The molecule has 5 nitrogen and oxygen atoms in total. The van der Waals surface area contributed by atoms with Gasteiger partial charge in [-0.15, -0.1) is 11.3 Å². The predicted octanol–water partition coefficient (Wildman–Crippen LogP) is 3.06. The second kappa shape index (κ2) is 7.56. The van der Waals surface area contributed by atoms with Crippen LogP contribution in [0.25, 0.3) is 5.57 Å². The Bertz CT molecular complexity index is 853. The minimum absolute atomic E-state index is 0.140. The van der Waals surface area contributed by atoms with Gasteiger partial charge in [0.05, 0.1) is 5.57 Å². The average Bonchev–Trinajstić information content (AvgIpc) is 3.31. The summed E-state index contributed by atoms with van der Waals surface area (Å²) in [5, 5.41) is 1.95. The molecule has 1 fully saturated rings. The maximum Gasteiger partial charge on any atom is 0.277 e. The minimum Gasteiger partial charge on any atom is -0.368 e. The molecule has 1 saturated heterocycles. The summed E-state index contributed by atoms with van der Waals surface area (Å²) < 4.78 is 0. The molecule has 2 amide bonds. The third kappa shape index (κ3) is 3.25. The Balaban J connectivity index is 1.60. The number of amides is 2. The first-order valence-electron chi connectivity index (χ1n) is 9.40. The Morgan fingerprint density at radius 2 is 1.59 bits per heavy atom. The second-order valence-corrected chi connectivity index (χ2v) is 7.72. The molecule has 2 aromatic rings. The van der Waals surface area contributed by atoms with Crippen molar-refractivity contribution in [3.63, 3.8) is 0 Å². The van der Waals surface area contributed by atoms with Gasteiger partial charge in [-0.05, 0) is 30.0 Å². The number of hydrogen-bond acceptors (Lipinski definition) is 5. The first-order chi connectivity index (χ1) is 13.2. The molecule has 0 N–H and O–H groups in total. The molecule has 0 atom stereocenters. The van der Waals surface area contributed by atoms with E-state index in [0.717, 1.165) is 37.5 Å². The number of benzene rings is 1. The third-order valence-corrected chi connectivity index (χ3v) is 5.96. The largest absolute Gasteiger partial charge is 0.368 e. The van der Waals surface area contributed by atoms with Gasteiger partial charge in [-0.3, -0.25) is 14.5 Å². The molecular formula is C21H23N3O2S. The molecule has 0 aliphatic carbocycles. The summed E-state index contributed by atoms with van der Waals surface area (Å²) in [6.07, 6.45) is 0.768. The van der Waals surface area contributed by atoms with Crippen molar-refractivity contribution < 1.29 is 9.59 Å². The molecule has 0 bridgehead atoms. The van der Waals surface area contributed by atoms with E-state index in [1.807, 2.05) is 42.6 Å². The topological polar surface area (TPSA) is 43.9 Å². The zero-order valence-corrected chi connectivity index (χ0v) is 16.2. The second-order valence-electron chi connectivity index (χ2n) is 6.77. The molecular weight excluding hydrogens is 358 g/mol. The molecule has 0 unspecified atom stereocenters. The first-order valence-corrected chi connectivity index (χ1v) is 10.3. The summed E-state index contributed by atoms with van der Waals surface area (Å²) in [6, 6.07) is 14.2. The van der Waals surface area contributed by atoms with Crippen molar-refractivity contribution in [1.29, 1.82) is 0 Å². The summed E-state index contributed by atoms with van der Waals surface area (Å²) in [7, 11) is 0. The lowest BCUT2D eigenvalue weighted by Crippen LogP contribution is -2.47. The van der Waals surface area contributed by atoms with Crippen LogP contribution in [0.15, 0.2) is 53.5 Å². The smallest absolute Gasteiger partial charge is 0.277 e. The van der Waals surface area contributed by atoms with Gasteiger partial charge in [-0.1, -0.05) is 31.2 Å². The van der Waals surface area contributed by atoms with Gasteiger partial charge < -0.3 is 9.80 Å². The van der Waals surface area contributed by atoms with Crippen LogP contribution in [0, 0.1) is 0 Å². The van der Waals surface area contributed by atoms with E-state index >= 15 is 0 Å². The van der Waals surface area contributed by atoms with Crippen molar-refractivity contribution in [3.05, 3.63) is 58.4 Å². The fourth-order valence-corrected chi connectivity index (χ4v) is 4.52. The zero-order chi connectivity index (χ0) is 18.8. The Hall–Kier alpha value is -2.60. The van der Waals surface area contributed by atoms with Gasteiger partial charge in [0.2, 0.25) is 0 Å². The molecule has 6 heteroatoms. The van der Waals surface area contributed by atoms with E-state index < -0.39 is 0 Å². The average molecular weight is 382 g/mol. The van der Waals surface area contributed by atoms with E-state index in [4.69, 9.17) is 0 Å². The maximum absolute atomic E-state index is 13.1. The van der Waals surface area contributed by atoms with Crippen LogP contribution < -0.4 is 4.90 Å². The number of carbonyl (C=O) groups is 2. The monoisotopic (exact) mass is 381 g/mol. The van der Waals surface area contributed by atoms with Gasteiger partial charge in [-0.2, -0.15) is 0 Å². The minimum atomic E-state index is -0.148. The van der Waals surface area contributed by atoms with Crippen LogP contribution in [0.3, 0.4) is 0 Å². The molecule has 140 valence electrons. The number of piperazine rings is 1. The lowest BCUT2D eigenvalue weighted by atomic mass is 10.1. The zero-order valence-electron chi connectivity index (χ0n) is 15.4. The highest BCUT2D eigenvalue weighted by molar-refractivity contribution is 7.11. The molecule has 1 aromatic carbocycles. The highest BCUT2D eigenvalue weighted by atomic mass is 32.1. The van der Waals surface area contributed by atoms with Gasteiger partial charge >= 0.3 is 0 Å². The van der Waals surface area contributed by atoms with E-state index in [1.165, 1.54) is 21.9 Å². The number of carbonyl (C=O) groups excluding carboxylic acids is 2. The van der Waals surface area contributed by atoms with Crippen molar-refractivity contribution >= 4 is 34.4 Å². The number of para-hydroxylation sites is 1. The lowest BCUT2D eigenvalue weighted by Gasteiger charge is -2.37. The number of hydrogen-bond donors (Lipinski definition) is 0. The molecule has 2 aliphatic heterocycles. The van der Waals surface area contributed by atoms with Gasteiger partial charge in [0.25, 0.3) is 11.8 Å². The fraction of sp³-hybridized carbons (Fsp3) is 0.333. The number of anilines is 1. The number of nitrogens with zero attached hydrogens (tertiary/aromatic N) is 3. The molecule has 27 heavy (non-hydrogen) atoms. The quantitative estimate of drug-likeness (QED) is 0.747. The Kier molecular flexibility index (Phi) is 4.99. The molecule has 3 heterocycles. The van der Waals surface area contributed by atoms with Crippen molar-refractivity contribution in [2.45, 2.75) is 13.3 Å². The van der Waals surface area contributed by atoms with Gasteiger partial charge in [0.1, 0.15) is 5.70 Å². The highest BCUT2D eigenvalue weighted by Crippen LogP contribution is 2.34. The molecule has 0 radical (unpaired) electrons. The van der Waals surface area contributed by atoms with Crippen molar-refractivity contribution in [2.24, 2.45) is 0 Å². The van der Waals surface area contributed by atoms with Crippen molar-refractivity contribution in [3.8, 4) is 0 Å². The molecule has 1 aromatic heterocycles. The van der Waals surface area contributed by atoms with Crippen molar-refractivity contribution in [2.75, 3.05) is 37.6 Å². The van der Waals surface area contributed by atoms with Gasteiger partial charge in [0.15, 0.2) is 0 Å². The third-order valence-electron chi connectivity index (χ3n) is 5.08. The SMILES string of the molecule is CCCN1C(=O)C(c2cccs2)=C(N2CCN(c3ccccc3)CC2)C1=O. The van der Waals surface area contributed by atoms with E-state index in [0.29, 0.717) is 17.8 Å².